The summed E-state index contributed by atoms with van der Waals surface area (Å²) >= 11 is 0. The maximum atomic E-state index is 13.3. The third kappa shape index (κ3) is 5.31. The second-order valence-electron chi connectivity index (χ2n) is 8.51. The van der Waals surface area contributed by atoms with Gasteiger partial charge in [-0.25, -0.2) is 8.42 Å². The molecule has 1 saturated heterocycles. The van der Waals surface area contributed by atoms with Crippen molar-refractivity contribution < 1.29 is 17.9 Å². The second-order valence-corrected chi connectivity index (χ2v) is 10.4. The quantitative estimate of drug-likeness (QED) is 0.745. The van der Waals surface area contributed by atoms with Crippen molar-refractivity contribution in [3.63, 3.8) is 0 Å². The zero-order valence-electron chi connectivity index (χ0n) is 18.5. The van der Waals surface area contributed by atoms with Gasteiger partial charge < -0.3 is 10.1 Å². The van der Waals surface area contributed by atoms with E-state index < -0.39 is 10.0 Å². The Morgan fingerprint density at radius 3 is 2.56 bits per heavy atom. The molecule has 0 spiro atoms. The van der Waals surface area contributed by atoms with Crippen LogP contribution < -0.4 is 10.1 Å². The molecule has 4 rings (SSSR count). The van der Waals surface area contributed by atoms with Crippen LogP contribution in [0.15, 0.2) is 47.4 Å². The summed E-state index contributed by atoms with van der Waals surface area (Å²) in [5.74, 6) is 0.684. The largest absolute Gasteiger partial charge is 0.492 e. The molecule has 2 heterocycles. The molecule has 7 nitrogen and oxygen atoms in total. The molecule has 0 aromatic heterocycles. The molecule has 1 amide bonds. The van der Waals surface area contributed by atoms with Gasteiger partial charge in [0, 0.05) is 37.4 Å². The fourth-order valence-corrected chi connectivity index (χ4v) is 6.06. The van der Waals surface area contributed by atoms with Crippen LogP contribution in [-0.4, -0.2) is 56.3 Å². The predicted octanol–water partition coefficient (Wildman–Crippen LogP) is 3.39. The van der Waals surface area contributed by atoms with E-state index in [1.165, 1.54) is 0 Å². The summed E-state index contributed by atoms with van der Waals surface area (Å²) in [6.45, 7) is 4.90. The van der Waals surface area contributed by atoms with Gasteiger partial charge >= 0.3 is 0 Å². The summed E-state index contributed by atoms with van der Waals surface area (Å²) in [6, 6.07) is 13.0. The van der Waals surface area contributed by atoms with Gasteiger partial charge in [0.05, 0.1) is 11.4 Å². The summed E-state index contributed by atoms with van der Waals surface area (Å²) in [7, 11) is -3.58. The summed E-state index contributed by atoms with van der Waals surface area (Å²) in [5.41, 5.74) is 2.24. The van der Waals surface area contributed by atoms with Crippen LogP contribution >= 0.6 is 0 Å². The van der Waals surface area contributed by atoms with Crippen molar-refractivity contribution in [2.24, 2.45) is 0 Å². The minimum Gasteiger partial charge on any atom is -0.492 e. The molecular weight excluding hydrogens is 426 g/mol. The Labute approximate surface area is 190 Å². The lowest BCUT2D eigenvalue weighted by Crippen LogP contribution is -2.34. The first kappa shape index (κ1) is 22.8. The van der Waals surface area contributed by atoms with Crippen molar-refractivity contribution in [2.75, 3.05) is 38.1 Å². The number of nitrogens with one attached hydrogen (secondary N) is 1. The Balaban J connectivity index is 1.45. The first-order chi connectivity index (χ1) is 15.4. The van der Waals surface area contributed by atoms with Gasteiger partial charge in [-0.15, -0.1) is 0 Å². The third-order valence-corrected chi connectivity index (χ3v) is 8.09. The molecule has 0 unspecified atom stereocenters. The Bertz CT molecular complexity index is 1060. The SMILES string of the molecule is Cc1ccc(NC(=O)CN2CCOc3ccccc3C2)cc1S(=O)(=O)N1CCCCCC1. The topological polar surface area (TPSA) is 79.0 Å². The fraction of sp³-hybridized carbons (Fsp3) is 0.458. The van der Waals surface area contributed by atoms with Gasteiger partial charge in [-0.1, -0.05) is 37.1 Å². The number of carbonyl (C=O) groups excluding carboxylic acids is 1. The van der Waals surface area contributed by atoms with Crippen LogP contribution in [0.25, 0.3) is 0 Å². The van der Waals surface area contributed by atoms with Crippen LogP contribution in [0.3, 0.4) is 0 Å². The lowest BCUT2D eigenvalue weighted by Gasteiger charge is -2.22. The highest BCUT2D eigenvalue weighted by molar-refractivity contribution is 7.89. The Hall–Kier alpha value is -2.42. The van der Waals surface area contributed by atoms with E-state index >= 15 is 0 Å². The van der Waals surface area contributed by atoms with Gasteiger partial charge in [-0.3, -0.25) is 9.69 Å². The van der Waals surface area contributed by atoms with Crippen LogP contribution in [0.4, 0.5) is 5.69 Å². The molecular formula is C24H31N3O4S. The maximum Gasteiger partial charge on any atom is 0.243 e. The van der Waals surface area contributed by atoms with Gasteiger partial charge in [0.25, 0.3) is 0 Å². The minimum absolute atomic E-state index is 0.175. The van der Waals surface area contributed by atoms with E-state index in [4.69, 9.17) is 4.74 Å². The highest BCUT2D eigenvalue weighted by Gasteiger charge is 2.27. The van der Waals surface area contributed by atoms with Crippen LogP contribution in [0.1, 0.15) is 36.8 Å². The number of para-hydroxylation sites is 1. The van der Waals surface area contributed by atoms with Crippen molar-refractivity contribution in [1.82, 2.24) is 9.21 Å². The number of rotatable bonds is 5. The number of anilines is 1. The number of aryl methyl sites for hydroxylation is 1. The zero-order chi connectivity index (χ0) is 22.6. The fourth-order valence-electron chi connectivity index (χ4n) is 4.30. The number of hydrogen-bond acceptors (Lipinski definition) is 5. The molecule has 0 saturated carbocycles. The minimum atomic E-state index is -3.58. The first-order valence-electron chi connectivity index (χ1n) is 11.3. The molecule has 0 radical (unpaired) electrons. The predicted molar refractivity (Wildman–Crippen MR) is 124 cm³/mol. The number of amides is 1. The van der Waals surface area contributed by atoms with Crippen LogP contribution in [0.5, 0.6) is 5.75 Å². The van der Waals surface area contributed by atoms with E-state index in [1.807, 2.05) is 29.2 Å². The van der Waals surface area contributed by atoms with Gasteiger partial charge in [0.2, 0.25) is 15.9 Å². The Kier molecular flexibility index (Phi) is 7.13. The van der Waals surface area contributed by atoms with Gasteiger partial charge in [0.15, 0.2) is 0 Å². The molecule has 0 aliphatic carbocycles. The lowest BCUT2D eigenvalue weighted by molar-refractivity contribution is -0.117. The number of sulfonamides is 1. The summed E-state index contributed by atoms with van der Waals surface area (Å²) in [6.07, 6.45) is 3.90. The number of fused-ring (bicyclic) bond motifs is 1. The molecule has 2 aromatic rings. The van der Waals surface area contributed by atoms with Crippen molar-refractivity contribution in [3.05, 3.63) is 53.6 Å². The molecule has 32 heavy (non-hydrogen) atoms. The average Bonchev–Trinajstić information content (AvgIpc) is 3.16. The summed E-state index contributed by atoms with van der Waals surface area (Å²) in [5, 5.41) is 2.88. The van der Waals surface area contributed by atoms with E-state index in [-0.39, 0.29) is 17.3 Å². The number of carbonyl (C=O) groups is 1. The molecule has 0 bridgehead atoms. The van der Waals surface area contributed by atoms with E-state index in [1.54, 1.807) is 29.4 Å². The molecule has 172 valence electrons. The number of hydrogen-bond donors (Lipinski definition) is 1. The van der Waals surface area contributed by atoms with Crippen molar-refractivity contribution >= 4 is 21.6 Å². The molecule has 8 heteroatoms. The summed E-state index contributed by atoms with van der Waals surface area (Å²) in [4.78, 5) is 15.0. The number of ether oxygens (including phenoxy) is 1. The number of nitrogens with zero attached hydrogens (tertiary/aromatic N) is 2. The standard InChI is InChI=1S/C24H31N3O4S/c1-19-10-11-21(16-23(19)32(29,30)27-12-6-2-3-7-13-27)25-24(28)18-26-14-15-31-22-9-5-4-8-20(22)17-26/h4-5,8-11,16H,2-3,6-7,12-15,17-18H2,1H3,(H,25,28). The van der Waals surface area contributed by atoms with Gasteiger partial charge in [-0.2, -0.15) is 4.31 Å². The zero-order valence-corrected chi connectivity index (χ0v) is 19.4. The molecule has 2 aliphatic rings. The van der Waals surface area contributed by atoms with Crippen LogP contribution in [0, 0.1) is 6.92 Å². The molecule has 0 atom stereocenters. The molecule has 2 aromatic carbocycles. The first-order valence-corrected chi connectivity index (χ1v) is 12.7. The second kappa shape index (κ2) is 10.0. The molecule has 1 fully saturated rings. The highest BCUT2D eigenvalue weighted by atomic mass is 32.2. The maximum absolute atomic E-state index is 13.3. The monoisotopic (exact) mass is 457 g/mol. The number of benzene rings is 2. The normalized spacial score (nSPS) is 18.2. The average molecular weight is 458 g/mol. The summed E-state index contributed by atoms with van der Waals surface area (Å²) < 4.78 is 33.9. The van der Waals surface area contributed by atoms with Gasteiger partial charge in [0.1, 0.15) is 12.4 Å². The van der Waals surface area contributed by atoms with Crippen molar-refractivity contribution in [2.45, 2.75) is 44.0 Å². The van der Waals surface area contributed by atoms with E-state index in [0.717, 1.165) is 37.0 Å². The van der Waals surface area contributed by atoms with E-state index in [0.29, 0.717) is 44.0 Å². The van der Waals surface area contributed by atoms with Crippen molar-refractivity contribution in [3.8, 4) is 5.75 Å². The molecule has 2 aliphatic heterocycles. The smallest absolute Gasteiger partial charge is 0.243 e. The van der Waals surface area contributed by atoms with Gasteiger partial charge in [-0.05, 0) is 43.5 Å². The van der Waals surface area contributed by atoms with E-state index in [2.05, 4.69) is 5.32 Å². The van der Waals surface area contributed by atoms with Crippen LogP contribution in [-0.2, 0) is 21.4 Å². The Morgan fingerprint density at radius 2 is 1.78 bits per heavy atom. The highest BCUT2D eigenvalue weighted by Crippen LogP contribution is 2.26. The lowest BCUT2D eigenvalue weighted by atomic mass is 10.2. The van der Waals surface area contributed by atoms with Crippen molar-refractivity contribution in [1.29, 1.82) is 0 Å². The van der Waals surface area contributed by atoms with Crippen LogP contribution in [0.2, 0.25) is 0 Å². The van der Waals surface area contributed by atoms with E-state index in [9.17, 15) is 13.2 Å². The third-order valence-electron chi connectivity index (χ3n) is 6.05. The Morgan fingerprint density at radius 1 is 1.03 bits per heavy atom. The molecule has 1 N–H and O–H groups in total.